The van der Waals surface area contributed by atoms with Crippen molar-refractivity contribution < 1.29 is 14.3 Å². The molecule has 0 heterocycles. The lowest BCUT2D eigenvalue weighted by atomic mass is 10.1. The number of carbonyl (C=O) groups excluding carboxylic acids is 2. The van der Waals surface area contributed by atoms with Gasteiger partial charge < -0.3 is 4.74 Å². The standard InChI is InChI=1S/C15H20N2O3/c1-4-20-15(19)13(10-11(2)3)16-17-14(18)12-8-6-5-7-9-12/h5-9,11H,4,10H2,1-3H3,(H,17,18)/b16-13+. The maximum atomic E-state index is 11.8. The molecule has 5 heteroatoms. The highest BCUT2D eigenvalue weighted by atomic mass is 16.5. The number of amides is 1. The Morgan fingerprint density at radius 1 is 1.25 bits per heavy atom. The zero-order valence-corrected chi connectivity index (χ0v) is 12.1. The molecule has 20 heavy (non-hydrogen) atoms. The first kappa shape index (κ1) is 15.9. The Morgan fingerprint density at radius 2 is 1.90 bits per heavy atom. The van der Waals surface area contributed by atoms with Crippen LogP contribution in [0, 0.1) is 5.92 Å². The van der Waals surface area contributed by atoms with Crippen LogP contribution >= 0.6 is 0 Å². The Hall–Kier alpha value is -2.17. The molecule has 1 amide bonds. The average molecular weight is 276 g/mol. The van der Waals surface area contributed by atoms with Crippen molar-refractivity contribution in [2.75, 3.05) is 6.61 Å². The van der Waals surface area contributed by atoms with Crippen LogP contribution in [0.1, 0.15) is 37.6 Å². The van der Waals surface area contributed by atoms with Gasteiger partial charge in [-0.1, -0.05) is 32.0 Å². The lowest BCUT2D eigenvalue weighted by Crippen LogP contribution is -2.26. The lowest BCUT2D eigenvalue weighted by Gasteiger charge is -2.08. The molecule has 0 saturated heterocycles. The molecule has 0 bridgehead atoms. The second-order valence-electron chi connectivity index (χ2n) is 4.68. The maximum absolute atomic E-state index is 11.8. The molecular formula is C15H20N2O3. The molecular weight excluding hydrogens is 256 g/mol. The fraction of sp³-hybridized carbons (Fsp3) is 0.400. The van der Waals surface area contributed by atoms with E-state index in [1.54, 1.807) is 31.2 Å². The van der Waals surface area contributed by atoms with Crippen LogP contribution in [0.5, 0.6) is 0 Å². The van der Waals surface area contributed by atoms with E-state index in [1.165, 1.54) is 0 Å². The van der Waals surface area contributed by atoms with Gasteiger partial charge in [-0.25, -0.2) is 10.2 Å². The molecule has 1 rings (SSSR count). The lowest BCUT2D eigenvalue weighted by molar-refractivity contribution is -0.135. The van der Waals surface area contributed by atoms with Crippen LogP contribution < -0.4 is 5.43 Å². The van der Waals surface area contributed by atoms with E-state index in [2.05, 4.69) is 10.5 Å². The number of benzene rings is 1. The summed E-state index contributed by atoms with van der Waals surface area (Å²) in [5.41, 5.74) is 3.11. The van der Waals surface area contributed by atoms with Crippen molar-refractivity contribution in [2.45, 2.75) is 27.2 Å². The number of nitrogens with one attached hydrogen (secondary N) is 1. The van der Waals surface area contributed by atoms with E-state index in [-0.39, 0.29) is 24.1 Å². The second-order valence-corrected chi connectivity index (χ2v) is 4.68. The summed E-state index contributed by atoms with van der Waals surface area (Å²) in [5.74, 6) is -0.600. The van der Waals surface area contributed by atoms with Gasteiger partial charge in [0.05, 0.1) is 6.61 Å². The Labute approximate surface area is 119 Å². The largest absolute Gasteiger partial charge is 0.461 e. The monoisotopic (exact) mass is 276 g/mol. The summed E-state index contributed by atoms with van der Waals surface area (Å²) in [5, 5.41) is 3.90. The number of hydrogen-bond donors (Lipinski definition) is 1. The first-order valence-corrected chi connectivity index (χ1v) is 6.63. The number of rotatable bonds is 6. The third-order valence-corrected chi connectivity index (χ3v) is 2.44. The zero-order valence-electron chi connectivity index (χ0n) is 12.1. The smallest absolute Gasteiger partial charge is 0.354 e. The molecule has 0 spiro atoms. The minimum absolute atomic E-state index is 0.228. The molecule has 0 aliphatic heterocycles. The molecule has 0 radical (unpaired) electrons. The quantitative estimate of drug-likeness (QED) is 0.493. The molecule has 0 fully saturated rings. The maximum Gasteiger partial charge on any atom is 0.354 e. The van der Waals surface area contributed by atoms with Crippen LogP contribution in [-0.2, 0) is 9.53 Å². The number of hydrazone groups is 1. The van der Waals surface area contributed by atoms with Gasteiger partial charge in [0, 0.05) is 12.0 Å². The van der Waals surface area contributed by atoms with Crippen molar-refractivity contribution in [3.05, 3.63) is 35.9 Å². The minimum Gasteiger partial charge on any atom is -0.461 e. The predicted molar refractivity (Wildman–Crippen MR) is 77.4 cm³/mol. The van der Waals surface area contributed by atoms with Crippen molar-refractivity contribution in [1.29, 1.82) is 0 Å². The summed E-state index contributed by atoms with van der Waals surface area (Å²) in [6, 6.07) is 8.70. The van der Waals surface area contributed by atoms with Gasteiger partial charge in [0.1, 0.15) is 5.71 Å². The van der Waals surface area contributed by atoms with Gasteiger partial charge in [-0.2, -0.15) is 5.10 Å². The van der Waals surface area contributed by atoms with Crippen LogP contribution in [-0.4, -0.2) is 24.2 Å². The van der Waals surface area contributed by atoms with Gasteiger partial charge in [0.2, 0.25) is 0 Å². The molecule has 1 aromatic rings. The van der Waals surface area contributed by atoms with Gasteiger partial charge in [0.15, 0.2) is 0 Å². The van der Waals surface area contributed by atoms with Gasteiger partial charge in [-0.05, 0) is 25.0 Å². The van der Waals surface area contributed by atoms with Crippen molar-refractivity contribution in [3.8, 4) is 0 Å². The number of ether oxygens (including phenoxy) is 1. The summed E-state index contributed by atoms with van der Waals surface area (Å²) in [6.45, 7) is 5.94. The summed E-state index contributed by atoms with van der Waals surface area (Å²) in [7, 11) is 0. The van der Waals surface area contributed by atoms with Crippen LogP contribution in [0.25, 0.3) is 0 Å². The van der Waals surface area contributed by atoms with Crippen LogP contribution in [0.15, 0.2) is 35.4 Å². The van der Waals surface area contributed by atoms with Crippen LogP contribution in [0.2, 0.25) is 0 Å². The molecule has 0 atom stereocenters. The molecule has 1 N–H and O–H groups in total. The van der Waals surface area contributed by atoms with Gasteiger partial charge in [0.25, 0.3) is 5.91 Å². The van der Waals surface area contributed by atoms with Crippen molar-refractivity contribution in [1.82, 2.24) is 5.43 Å². The third-order valence-electron chi connectivity index (χ3n) is 2.44. The summed E-state index contributed by atoms with van der Waals surface area (Å²) >= 11 is 0. The van der Waals surface area contributed by atoms with E-state index in [4.69, 9.17) is 4.74 Å². The SMILES string of the molecule is CCOC(=O)/C(CC(C)C)=N/NC(=O)c1ccccc1. The number of nitrogens with zero attached hydrogens (tertiary/aromatic N) is 1. The summed E-state index contributed by atoms with van der Waals surface area (Å²) in [4.78, 5) is 23.6. The molecule has 0 unspecified atom stereocenters. The van der Waals surface area contributed by atoms with E-state index in [9.17, 15) is 9.59 Å². The molecule has 5 nitrogen and oxygen atoms in total. The molecule has 0 aromatic heterocycles. The van der Waals surface area contributed by atoms with Crippen molar-refractivity contribution >= 4 is 17.6 Å². The van der Waals surface area contributed by atoms with Crippen molar-refractivity contribution in [3.63, 3.8) is 0 Å². The van der Waals surface area contributed by atoms with E-state index in [0.29, 0.717) is 12.0 Å². The first-order valence-electron chi connectivity index (χ1n) is 6.63. The Kier molecular flexibility index (Phi) is 6.43. The van der Waals surface area contributed by atoms with Gasteiger partial charge in [-0.3, -0.25) is 4.79 Å². The highest BCUT2D eigenvalue weighted by Gasteiger charge is 2.15. The first-order chi connectivity index (χ1) is 9.54. The normalized spacial score (nSPS) is 11.3. The number of esters is 1. The Bertz CT molecular complexity index is 481. The van der Waals surface area contributed by atoms with Gasteiger partial charge in [-0.15, -0.1) is 0 Å². The predicted octanol–water partition coefficient (Wildman–Crippen LogP) is 2.38. The van der Waals surface area contributed by atoms with E-state index in [0.717, 1.165) is 0 Å². The zero-order chi connectivity index (χ0) is 15.0. The molecule has 1 aromatic carbocycles. The minimum atomic E-state index is -0.491. The van der Waals surface area contributed by atoms with E-state index in [1.807, 2.05) is 19.9 Å². The van der Waals surface area contributed by atoms with Crippen LogP contribution in [0.4, 0.5) is 0 Å². The van der Waals surface area contributed by atoms with E-state index < -0.39 is 5.97 Å². The second kappa shape index (κ2) is 8.09. The number of hydrogen-bond acceptors (Lipinski definition) is 4. The summed E-state index contributed by atoms with van der Waals surface area (Å²) in [6.07, 6.45) is 0.452. The Balaban J connectivity index is 2.75. The third kappa shape index (κ3) is 5.22. The molecule has 0 saturated carbocycles. The van der Waals surface area contributed by atoms with E-state index >= 15 is 0 Å². The highest BCUT2D eigenvalue weighted by molar-refractivity contribution is 6.36. The molecule has 0 aliphatic rings. The summed E-state index contributed by atoms with van der Waals surface area (Å²) < 4.78 is 4.92. The fourth-order valence-electron chi connectivity index (χ4n) is 1.55. The van der Waals surface area contributed by atoms with Gasteiger partial charge >= 0.3 is 5.97 Å². The number of carbonyl (C=O) groups is 2. The Morgan fingerprint density at radius 3 is 2.45 bits per heavy atom. The molecule has 0 aliphatic carbocycles. The topological polar surface area (TPSA) is 67.8 Å². The van der Waals surface area contributed by atoms with Crippen LogP contribution in [0.3, 0.4) is 0 Å². The van der Waals surface area contributed by atoms with Crippen molar-refractivity contribution in [2.24, 2.45) is 11.0 Å². The average Bonchev–Trinajstić information content (AvgIpc) is 2.43. The fourth-order valence-corrected chi connectivity index (χ4v) is 1.55. The molecule has 108 valence electrons. The highest BCUT2D eigenvalue weighted by Crippen LogP contribution is 2.04.